The van der Waals surface area contributed by atoms with E-state index in [1.165, 1.54) is 15.7 Å². The van der Waals surface area contributed by atoms with Crippen molar-refractivity contribution >= 4 is 21.6 Å². The maximum atomic E-state index is 6.18. The van der Waals surface area contributed by atoms with E-state index >= 15 is 0 Å². The SMILES string of the molecule is CN(C)c1cccc(Br)c1CC1(N)CC1. The molecule has 0 amide bonds. The van der Waals surface area contributed by atoms with Crippen LogP contribution in [0, 0.1) is 0 Å². The summed E-state index contributed by atoms with van der Waals surface area (Å²) in [6, 6.07) is 6.30. The van der Waals surface area contributed by atoms with Crippen molar-refractivity contribution in [2.45, 2.75) is 24.8 Å². The zero-order chi connectivity index (χ0) is 11.1. The molecule has 3 heteroatoms. The molecule has 0 spiro atoms. The molecule has 0 atom stereocenters. The van der Waals surface area contributed by atoms with Crippen LogP contribution in [-0.4, -0.2) is 19.6 Å². The molecule has 2 N–H and O–H groups in total. The van der Waals surface area contributed by atoms with Crippen molar-refractivity contribution in [2.75, 3.05) is 19.0 Å². The summed E-state index contributed by atoms with van der Waals surface area (Å²) in [4.78, 5) is 2.14. The molecule has 82 valence electrons. The number of hydrogen-bond acceptors (Lipinski definition) is 2. The molecule has 1 aliphatic rings. The third-order valence-electron chi connectivity index (χ3n) is 3.00. The monoisotopic (exact) mass is 268 g/mol. The zero-order valence-electron chi connectivity index (χ0n) is 9.26. The highest BCUT2D eigenvalue weighted by Crippen LogP contribution is 2.39. The van der Waals surface area contributed by atoms with Crippen molar-refractivity contribution in [3.63, 3.8) is 0 Å². The lowest BCUT2D eigenvalue weighted by atomic mass is 10.0. The van der Waals surface area contributed by atoms with E-state index in [1.54, 1.807) is 0 Å². The molecule has 2 nitrogen and oxygen atoms in total. The number of anilines is 1. The fraction of sp³-hybridized carbons (Fsp3) is 0.500. The molecule has 1 fully saturated rings. The van der Waals surface area contributed by atoms with Crippen LogP contribution in [-0.2, 0) is 6.42 Å². The molecule has 0 bridgehead atoms. The van der Waals surface area contributed by atoms with E-state index in [4.69, 9.17) is 5.73 Å². The lowest BCUT2D eigenvalue weighted by molar-refractivity contribution is 0.670. The van der Waals surface area contributed by atoms with E-state index in [0.29, 0.717) is 0 Å². The van der Waals surface area contributed by atoms with E-state index in [-0.39, 0.29) is 5.54 Å². The van der Waals surface area contributed by atoms with E-state index in [9.17, 15) is 0 Å². The van der Waals surface area contributed by atoms with E-state index < -0.39 is 0 Å². The minimum Gasteiger partial charge on any atom is -0.377 e. The average molecular weight is 269 g/mol. The van der Waals surface area contributed by atoms with Crippen LogP contribution in [0.4, 0.5) is 5.69 Å². The van der Waals surface area contributed by atoms with Gasteiger partial charge in [0.25, 0.3) is 0 Å². The van der Waals surface area contributed by atoms with Gasteiger partial charge in [-0.15, -0.1) is 0 Å². The van der Waals surface area contributed by atoms with Gasteiger partial charge in [0, 0.05) is 29.8 Å². The number of benzene rings is 1. The second kappa shape index (κ2) is 3.80. The summed E-state index contributed by atoms with van der Waals surface area (Å²) in [6.07, 6.45) is 3.28. The highest BCUT2D eigenvalue weighted by Gasteiger charge is 2.39. The van der Waals surface area contributed by atoms with Crippen molar-refractivity contribution in [3.05, 3.63) is 28.2 Å². The van der Waals surface area contributed by atoms with Crippen molar-refractivity contribution in [1.29, 1.82) is 0 Å². The first-order chi connectivity index (χ1) is 7.02. The summed E-state index contributed by atoms with van der Waals surface area (Å²) in [5, 5.41) is 0. The van der Waals surface area contributed by atoms with Gasteiger partial charge in [0.1, 0.15) is 0 Å². The fourth-order valence-electron chi connectivity index (χ4n) is 1.83. The molecule has 0 unspecified atom stereocenters. The smallest absolute Gasteiger partial charge is 0.0405 e. The maximum Gasteiger partial charge on any atom is 0.0405 e. The summed E-state index contributed by atoms with van der Waals surface area (Å²) in [7, 11) is 4.14. The molecule has 1 aromatic rings. The molecule has 0 saturated heterocycles. The van der Waals surface area contributed by atoms with Gasteiger partial charge in [-0.2, -0.15) is 0 Å². The Bertz CT molecular complexity index is 370. The van der Waals surface area contributed by atoms with Crippen LogP contribution in [0.2, 0.25) is 0 Å². The molecule has 0 heterocycles. The Kier molecular flexibility index (Phi) is 2.77. The number of halogens is 1. The first kappa shape index (κ1) is 11.0. The van der Waals surface area contributed by atoms with Gasteiger partial charge in [-0.1, -0.05) is 22.0 Å². The van der Waals surface area contributed by atoms with Gasteiger partial charge in [-0.05, 0) is 37.0 Å². The Morgan fingerprint density at radius 3 is 2.60 bits per heavy atom. The molecule has 0 radical (unpaired) electrons. The Morgan fingerprint density at radius 1 is 1.40 bits per heavy atom. The van der Waals surface area contributed by atoms with Crippen LogP contribution in [0.5, 0.6) is 0 Å². The standard InChI is InChI=1S/C12H17BrN2/c1-15(2)11-5-3-4-10(13)9(11)8-12(14)6-7-12/h3-5H,6-8,14H2,1-2H3. The second-order valence-corrected chi connectivity index (χ2v) is 5.53. The van der Waals surface area contributed by atoms with Crippen LogP contribution in [0.25, 0.3) is 0 Å². The molecule has 2 rings (SSSR count). The van der Waals surface area contributed by atoms with Crippen molar-refractivity contribution in [2.24, 2.45) is 5.73 Å². The second-order valence-electron chi connectivity index (χ2n) is 4.67. The van der Waals surface area contributed by atoms with Gasteiger partial charge in [-0.25, -0.2) is 0 Å². The summed E-state index contributed by atoms with van der Waals surface area (Å²) in [6.45, 7) is 0. The minimum absolute atomic E-state index is 0.0641. The lowest BCUT2D eigenvalue weighted by Crippen LogP contribution is -2.26. The van der Waals surface area contributed by atoms with Crippen LogP contribution < -0.4 is 10.6 Å². The predicted molar refractivity (Wildman–Crippen MR) is 68.3 cm³/mol. The van der Waals surface area contributed by atoms with Gasteiger partial charge in [0.15, 0.2) is 0 Å². The number of rotatable bonds is 3. The summed E-state index contributed by atoms with van der Waals surface area (Å²) >= 11 is 3.61. The van der Waals surface area contributed by atoms with Crippen LogP contribution >= 0.6 is 15.9 Å². The van der Waals surface area contributed by atoms with Gasteiger partial charge in [0.05, 0.1) is 0 Å². The normalized spacial score (nSPS) is 17.6. The van der Waals surface area contributed by atoms with Gasteiger partial charge in [0.2, 0.25) is 0 Å². The Hall–Kier alpha value is -0.540. The Labute approximate surface area is 99.6 Å². The van der Waals surface area contributed by atoms with E-state index in [0.717, 1.165) is 19.3 Å². The highest BCUT2D eigenvalue weighted by molar-refractivity contribution is 9.10. The molecule has 1 saturated carbocycles. The van der Waals surface area contributed by atoms with Crippen LogP contribution in [0.3, 0.4) is 0 Å². The quantitative estimate of drug-likeness (QED) is 0.913. The number of hydrogen-bond donors (Lipinski definition) is 1. The van der Waals surface area contributed by atoms with Crippen molar-refractivity contribution in [1.82, 2.24) is 0 Å². The van der Waals surface area contributed by atoms with Crippen molar-refractivity contribution in [3.8, 4) is 0 Å². The van der Waals surface area contributed by atoms with Crippen LogP contribution in [0.1, 0.15) is 18.4 Å². The third-order valence-corrected chi connectivity index (χ3v) is 3.74. The van der Waals surface area contributed by atoms with Crippen LogP contribution in [0.15, 0.2) is 22.7 Å². The average Bonchev–Trinajstić information content (AvgIpc) is 2.87. The van der Waals surface area contributed by atoms with Gasteiger partial charge in [-0.3, -0.25) is 0 Å². The molecular formula is C12H17BrN2. The predicted octanol–water partition coefficient (Wildman–Crippen LogP) is 2.55. The molecule has 0 aliphatic heterocycles. The number of nitrogens with zero attached hydrogens (tertiary/aromatic N) is 1. The molecule has 15 heavy (non-hydrogen) atoms. The Balaban J connectivity index is 2.34. The fourth-order valence-corrected chi connectivity index (χ4v) is 2.33. The first-order valence-corrected chi connectivity index (χ1v) is 6.05. The van der Waals surface area contributed by atoms with E-state index in [1.807, 2.05) is 0 Å². The minimum atomic E-state index is 0.0641. The molecular weight excluding hydrogens is 252 g/mol. The molecule has 1 aromatic carbocycles. The molecule has 0 aromatic heterocycles. The zero-order valence-corrected chi connectivity index (χ0v) is 10.8. The highest BCUT2D eigenvalue weighted by atomic mass is 79.9. The third kappa shape index (κ3) is 2.34. The summed E-state index contributed by atoms with van der Waals surface area (Å²) in [5.74, 6) is 0. The van der Waals surface area contributed by atoms with Gasteiger partial charge >= 0.3 is 0 Å². The maximum absolute atomic E-state index is 6.18. The number of nitrogens with two attached hydrogens (primary N) is 1. The van der Waals surface area contributed by atoms with Gasteiger partial charge < -0.3 is 10.6 Å². The summed E-state index contributed by atoms with van der Waals surface area (Å²) < 4.78 is 1.17. The largest absolute Gasteiger partial charge is 0.377 e. The van der Waals surface area contributed by atoms with Crippen molar-refractivity contribution < 1.29 is 0 Å². The van der Waals surface area contributed by atoms with E-state index in [2.05, 4.69) is 53.1 Å². The molecule has 1 aliphatic carbocycles. The first-order valence-electron chi connectivity index (χ1n) is 5.25. The Morgan fingerprint density at radius 2 is 2.07 bits per heavy atom. The summed E-state index contributed by atoms with van der Waals surface area (Å²) in [5.41, 5.74) is 8.84. The lowest BCUT2D eigenvalue weighted by Gasteiger charge is -2.20. The topological polar surface area (TPSA) is 29.3 Å².